The van der Waals surface area contributed by atoms with Gasteiger partial charge in [-0.25, -0.2) is 18.6 Å². The van der Waals surface area contributed by atoms with Gasteiger partial charge in [-0.05, 0) is 13.3 Å². The van der Waals surface area contributed by atoms with E-state index in [0.717, 1.165) is 5.57 Å². The predicted octanol–water partition coefficient (Wildman–Crippen LogP) is 2.58. The minimum absolute atomic E-state index is 0.0185. The van der Waals surface area contributed by atoms with E-state index in [9.17, 15) is 13.6 Å². The molecule has 0 aromatic heterocycles. The highest BCUT2D eigenvalue weighted by Crippen LogP contribution is 2.03. The molecule has 0 aliphatic rings. The molecular formula is C15H24F2O7. The van der Waals surface area contributed by atoms with E-state index >= 15 is 0 Å². The molecule has 0 bridgehead atoms. The number of hydrogen-bond acceptors (Lipinski definition) is 7. The van der Waals surface area contributed by atoms with Crippen molar-refractivity contribution in [3.8, 4) is 0 Å². The van der Waals surface area contributed by atoms with E-state index in [1.807, 2.05) is 0 Å². The molecule has 9 heteroatoms. The number of alkyl halides is 2. The van der Waals surface area contributed by atoms with Gasteiger partial charge in [-0.15, -0.1) is 0 Å². The number of halogens is 2. The van der Waals surface area contributed by atoms with Gasteiger partial charge in [-0.1, -0.05) is 18.7 Å². The molecule has 0 saturated carbocycles. The van der Waals surface area contributed by atoms with Crippen molar-refractivity contribution in [1.82, 2.24) is 0 Å². The highest BCUT2D eigenvalue weighted by molar-refractivity contribution is 5.71. The van der Waals surface area contributed by atoms with Crippen molar-refractivity contribution in [2.45, 2.75) is 26.2 Å². The van der Waals surface area contributed by atoms with E-state index in [2.05, 4.69) is 17.9 Å². The molecule has 0 rings (SSSR count). The average Bonchev–Trinajstić information content (AvgIpc) is 2.49. The summed E-state index contributed by atoms with van der Waals surface area (Å²) in [6, 6.07) is 0. The Bertz CT molecular complexity index is 375. The predicted molar refractivity (Wildman–Crippen MR) is 79.9 cm³/mol. The van der Waals surface area contributed by atoms with Gasteiger partial charge < -0.3 is 14.4 Å². The van der Waals surface area contributed by atoms with Gasteiger partial charge in [-0.3, -0.25) is 4.79 Å². The molecule has 0 saturated heterocycles. The Morgan fingerprint density at radius 3 is 2.46 bits per heavy atom. The third-order valence-electron chi connectivity index (χ3n) is 2.10. The van der Waals surface area contributed by atoms with E-state index in [4.69, 9.17) is 24.3 Å². The largest absolute Gasteiger partial charge is 0.463 e. The topological polar surface area (TPSA) is 72.5 Å². The van der Waals surface area contributed by atoms with Crippen molar-refractivity contribution in [1.29, 1.82) is 0 Å². The lowest BCUT2D eigenvalue weighted by molar-refractivity contribution is -0.292. The van der Waals surface area contributed by atoms with Crippen LogP contribution in [0.2, 0.25) is 0 Å². The zero-order valence-electron chi connectivity index (χ0n) is 13.8. The first-order valence-corrected chi connectivity index (χ1v) is 7.29. The summed E-state index contributed by atoms with van der Waals surface area (Å²) in [5, 5.41) is 0. The summed E-state index contributed by atoms with van der Waals surface area (Å²) in [4.78, 5) is 30.4. The van der Waals surface area contributed by atoms with E-state index in [1.165, 1.54) is 0 Å². The third-order valence-corrected chi connectivity index (χ3v) is 2.10. The molecule has 0 radical (unpaired) electrons. The molecule has 0 N–H and O–H groups in total. The Balaban J connectivity index is 3.43. The second-order valence-electron chi connectivity index (χ2n) is 4.70. The van der Waals surface area contributed by atoms with Crippen molar-refractivity contribution in [3.05, 3.63) is 24.5 Å². The van der Waals surface area contributed by atoms with Crippen LogP contribution in [0.15, 0.2) is 24.5 Å². The highest BCUT2D eigenvalue weighted by Gasteiger charge is 2.08. The Labute approximate surface area is 140 Å². The summed E-state index contributed by atoms with van der Waals surface area (Å²) in [5.74, 6) is -0.500. The normalized spacial score (nSPS) is 10.7. The van der Waals surface area contributed by atoms with Crippen LogP contribution in [0, 0.1) is 0 Å². The van der Waals surface area contributed by atoms with Crippen molar-refractivity contribution >= 4 is 5.97 Å². The standard InChI is InChI=1S/C15H24F2O7/c1-12(2)10-23-21-8-7-20-15(18)9-13(3)24-22-6-4-5-19-11-14(16)17/h14H,1,3-11H2,2H3. The lowest BCUT2D eigenvalue weighted by Crippen LogP contribution is -2.12. The lowest BCUT2D eigenvalue weighted by atomic mass is 10.4. The van der Waals surface area contributed by atoms with Crippen LogP contribution in [0.3, 0.4) is 0 Å². The van der Waals surface area contributed by atoms with Crippen molar-refractivity contribution in [2.24, 2.45) is 0 Å². The summed E-state index contributed by atoms with van der Waals surface area (Å²) < 4.78 is 33.0. The zero-order valence-corrected chi connectivity index (χ0v) is 13.8. The van der Waals surface area contributed by atoms with Crippen molar-refractivity contribution < 1.29 is 42.6 Å². The van der Waals surface area contributed by atoms with Crippen LogP contribution in [0.5, 0.6) is 0 Å². The number of carbonyl (C=O) groups excluding carboxylic acids is 1. The summed E-state index contributed by atoms with van der Waals surface area (Å²) in [6.07, 6.45) is -2.31. The first-order chi connectivity index (χ1) is 11.4. The van der Waals surface area contributed by atoms with Gasteiger partial charge in [-0.2, -0.15) is 4.89 Å². The zero-order chi connectivity index (χ0) is 18.2. The maximum atomic E-state index is 11.8. The second kappa shape index (κ2) is 15.0. The van der Waals surface area contributed by atoms with E-state index in [0.29, 0.717) is 6.42 Å². The smallest absolute Gasteiger partial charge is 0.313 e. The summed E-state index contributed by atoms with van der Waals surface area (Å²) in [5.41, 5.74) is 0.807. The fraction of sp³-hybridized carbons (Fsp3) is 0.667. The minimum atomic E-state index is -2.49. The number of hydrogen-bond donors (Lipinski definition) is 0. The summed E-state index contributed by atoms with van der Waals surface area (Å²) >= 11 is 0. The molecule has 24 heavy (non-hydrogen) atoms. The first kappa shape index (κ1) is 22.4. The average molecular weight is 354 g/mol. The van der Waals surface area contributed by atoms with Gasteiger partial charge in [0.05, 0.1) is 6.61 Å². The van der Waals surface area contributed by atoms with E-state index in [-0.39, 0.29) is 45.2 Å². The number of carbonyl (C=O) groups is 1. The SMILES string of the molecule is C=C(C)COOCCOC(=O)CC(=C)OOCCCOCC(F)F. The molecule has 0 unspecified atom stereocenters. The van der Waals surface area contributed by atoms with Gasteiger partial charge in [0.2, 0.25) is 0 Å². The molecule has 140 valence electrons. The van der Waals surface area contributed by atoms with Crippen LogP contribution >= 0.6 is 0 Å². The molecule has 0 aliphatic carbocycles. The van der Waals surface area contributed by atoms with Crippen LogP contribution in [0.4, 0.5) is 8.78 Å². The Kier molecular flexibility index (Phi) is 14.0. The van der Waals surface area contributed by atoms with Crippen LogP contribution in [-0.2, 0) is 33.8 Å². The molecule has 7 nitrogen and oxygen atoms in total. The molecule has 0 amide bonds. The Hall–Kier alpha value is -1.55. The minimum Gasteiger partial charge on any atom is -0.463 e. The Morgan fingerprint density at radius 1 is 1.04 bits per heavy atom. The number of esters is 1. The molecule has 0 fully saturated rings. The second-order valence-corrected chi connectivity index (χ2v) is 4.70. The van der Waals surface area contributed by atoms with Crippen LogP contribution in [0.25, 0.3) is 0 Å². The number of ether oxygens (including phenoxy) is 2. The van der Waals surface area contributed by atoms with E-state index in [1.54, 1.807) is 6.92 Å². The van der Waals surface area contributed by atoms with Gasteiger partial charge >= 0.3 is 5.97 Å². The fourth-order valence-corrected chi connectivity index (χ4v) is 1.15. The van der Waals surface area contributed by atoms with E-state index < -0.39 is 19.0 Å². The maximum Gasteiger partial charge on any atom is 0.313 e. The molecule has 0 atom stereocenters. The van der Waals surface area contributed by atoms with Crippen LogP contribution in [-0.4, -0.2) is 52.0 Å². The molecule has 0 heterocycles. The quantitative estimate of drug-likeness (QED) is 0.105. The van der Waals surface area contributed by atoms with Gasteiger partial charge in [0.1, 0.15) is 38.6 Å². The van der Waals surface area contributed by atoms with Gasteiger partial charge in [0.15, 0.2) is 0 Å². The summed E-state index contributed by atoms with van der Waals surface area (Å²) in [6.45, 7) is 8.89. The summed E-state index contributed by atoms with van der Waals surface area (Å²) in [7, 11) is 0. The molecular weight excluding hydrogens is 330 g/mol. The van der Waals surface area contributed by atoms with Crippen molar-refractivity contribution in [2.75, 3.05) is 39.6 Å². The Morgan fingerprint density at radius 2 is 1.79 bits per heavy atom. The molecule has 0 aliphatic heterocycles. The first-order valence-electron chi connectivity index (χ1n) is 7.29. The molecule has 0 aromatic carbocycles. The van der Waals surface area contributed by atoms with Gasteiger partial charge in [0.25, 0.3) is 6.43 Å². The molecule has 0 spiro atoms. The third kappa shape index (κ3) is 16.8. The highest BCUT2D eigenvalue weighted by atomic mass is 19.3. The maximum absolute atomic E-state index is 11.8. The van der Waals surface area contributed by atoms with Crippen LogP contribution in [0.1, 0.15) is 19.8 Å². The fourth-order valence-electron chi connectivity index (χ4n) is 1.15. The lowest BCUT2D eigenvalue weighted by Gasteiger charge is -2.08. The van der Waals surface area contributed by atoms with Gasteiger partial charge in [0, 0.05) is 6.61 Å². The monoisotopic (exact) mass is 354 g/mol. The van der Waals surface area contributed by atoms with Crippen LogP contribution < -0.4 is 0 Å². The number of rotatable bonds is 16. The molecule has 0 aromatic rings. The van der Waals surface area contributed by atoms with Crippen molar-refractivity contribution in [3.63, 3.8) is 0 Å².